The van der Waals surface area contributed by atoms with Crippen LogP contribution in [0.4, 0.5) is 5.82 Å². The highest BCUT2D eigenvalue weighted by atomic mass is 16.5. The number of nitrogens with one attached hydrogen (secondary N) is 2. The lowest BCUT2D eigenvalue weighted by atomic mass is 9.95. The van der Waals surface area contributed by atoms with Crippen LogP contribution in [0.25, 0.3) is 11.1 Å². The van der Waals surface area contributed by atoms with E-state index in [2.05, 4.69) is 37.5 Å². The third-order valence-corrected chi connectivity index (χ3v) is 6.05. The van der Waals surface area contributed by atoms with E-state index in [1.807, 2.05) is 55.5 Å². The zero-order chi connectivity index (χ0) is 23.8. The summed E-state index contributed by atoms with van der Waals surface area (Å²) in [4.78, 5) is 20.8. The molecule has 1 fully saturated rings. The van der Waals surface area contributed by atoms with Gasteiger partial charge in [0, 0.05) is 18.3 Å². The van der Waals surface area contributed by atoms with Crippen LogP contribution in [-0.4, -0.2) is 71.2 Å². The number of nitrogens with zero attached hydrogens (tertiary/aromatic N) is 4. The fourth-order valence-electron chi connectivity index (χ4n) is 4.45. The number of rotatable bonds is 10. The molecule has 1 saturated heterocycles. The molecule has 1 aromatic carbocycles. The Balaban J connectivity index is 1.42. The molecule has 2 N–H and O–H groups in total. The number of carbonyl (C=O) groups excluding carboxylic acids is 1. The topological polar surface area (TPSA) is 86.4 Å². The van der Waals surface area contributed by atoms with Crippen molar-refractivity contribution < 1.29 is 9.53 Å². The standard InChI is InChI=1S/C26H34N6O2/c1-31(2)18-25(33)29-24-16-21(11-12-27-24)22-17-28-30-26(22)23-10-6-7-13-32(23)14-15-34-19-20-8-4-3-5-9-20/h3-5,8-9,11-12,16-17,23H,6-7,10,13-15,18-19H2,1-2H3,(H,28,30)(H,27,29,33)/t23-/m0/s1. The number of aromatic nitrogens is 3. The van der Waals surface area contributed by atoms with Gasteiger partial charge in [-0.1, -0.05) is 36.8 Å². The highest BCUT2D eigenvalue weighted by Crippen LogP contribution is 2.35. The van der Waals surface area contributed by atoms with E-state index in [1.165, 1.54) is 18.4 Å². The molecule has 34 heavy (non-hydrogen) atoms. The number of ether oxygens (including phenoxy) is 1. The van der Waals surface area contributed by atoms with Gasteiger partial charge in [0.2, 0.25) is 5.91 Å². The van der Waals surface area contributed by atoms with Crippen LogP contribution in [0.15, 0.2) is 54.9 Å². The first kappa shape index (κ1) is 24.1. The SMILES string of the molecule is CN(C)CC(=O)Nc1cc(-c2cn[nH]c2[C@@H]2CCCCN2CCOCc2ccccc2)ccn1. The van der Waals surface area contributed by atoms with Gasteiger partial charge in [-0.05, 0) is 56.7 Å². The van der Waals surface area contributed by atoms with Gasteiger partial charge in [0.05, 0.1) is 37.7 Å². The van der Waals surface area contributed by atoms with E-state index in [1.54, 1.807) is 6.20 Å². The maximum atomic E-state index is 12.2. The van der Waals surface area contributed by atoms with Gasteiger partial charge in [0.15, 0.2) is 0 Å². The highest BCUT2D eigenvalue weighted by molar-refractivity contribution is 5.91. The molecular weight excluding hydrogens is 428 g/mol. The van der Waals surface area contributed by atoms with E-state index in [9.17, 15) is 4.79 Å². The maximum absolute atomic E-state index is 12.2. The van der Waals surface area contributed by atoms with Crippen molar-refractivity contribution in [1.29, 1.82) is 0 Å². The van der Waals surface area contributed by atoms with Gasteiger partial charge in [0.25, 0.3) is 0 Å². The van der Waals surface area contributed by atoms with Crippen molar-refractivity contribution in [3.8, 4) is 11.1 Å². The van der Waals surface area contributed by atoms with Gasteiger partial charge in [0.1, 0.15) is 5.82 Å². The molecule has 8 heteroatoms. The Kier molecular flexibility index (Phi) is 8.41. The van der Waals surface area contributed by atoms with Crippen molar-refractivity contribution in [3.05, 3.63) is 66.1 Å². The number of piperidine rings is 1. The molecule has 0 radical (unpaired) electrons. The molecule has 0 spiro atoms. The zero-order valence-electron chi connectivity index (χ0n) is 20.0. The van der Waals surface area contributed by atoms with E-state index in [0.29, 0.717) is 25.6 Å². The predicted molar refractivity (Wildman–Crippen MR) is 133 cm³/mol. The molecule has 0 aliphatic carbocycles. The van der Waals surface area contributed by atoms with Gasteiger partial charge in [-0.2, -0.15) is 5.10 Å². The number of aromatic amines is 1. The van der Waals surface area contributed by atoms with Crippen molar-refractivity contribution in [3.63, 3.8) is 0 Å². The number of hydrogen-bond acceptors (Lipinski definition) is 6. The summed E-state index contributed by atoms with van der Waals surface area (Å²) in [6, 6.07) is 14.4. The average Bonchev–Trinajstić information content (AvgIpc) is 3.32. The van der Waals surface area contributed by atoms with E-state index in [4.69, 9.17) is 4.74 Å². The van der Waals surface area contributed by atoms with E-state index >= 15 is 0 Å². The summed E-state index contributed by atoms with van der Waals surface area (Å²) in [5, 5.41) is 10.5. The van der Waals surface area contributed by atoms with Crippen LogP contribution in [0.2, 0.25) is 0 Å². The third-order valence-electron chi connectivity index (χ3n) is 6.05. The summed E-state index contributed by atoms with van der Waals surface area (Å²) in [6.45, 7) is 3.55. The normalized spacial score (nSPS) is 16.6. The molecule has 1 atom stereocenters. The molecule has 0 unspecified atom stereocenters. The first-order chi connectivity index (χ1) is 16.6. The Morgan fingerprint density at radius 3 is 2.91 bits per heavy atom. The van der Waals surface area contributed by atoms with E-state index in [-0.39, 0.29) is 11.9 Å². The van der Waals surface area contributed by atoms with Crippen molar-refractivity contribution in [2.75, 3.05) is 45.7 Å². The van der Waals surface area contributed by atoms with Gasteiger partial charge in [-0.25, -0.2) is 4.98 Å². The Bertz CT molecular complexity index is 1050. The van der Waals surface area contributed by atoms with Crippen LogP contribution in [0.3, 0.4) is 0 Å². The quantitative estimate of drug-likeness (QED) is 0.447. The van der Waals surface area contributed by atoms with Crippen LogP contribution in [-0.2, 0) is 16.1 Å². The van der Waals surface area contributed by atoms with Crippen LogP contribution in [0.1, 0.15) is 36.6 Å². The molecule has 1 aliphatic heterocycles. The smallest absolute Gasteiger partial charge is 0.239 e. The molecule has 180 valence electrons. The average molecular weight is 463 g/mol. The summed E-state index contributed by atoms with van der Waals surface area (Å²) in [6.07, 6.45) is 7.05. The summed E-state index contributed by atoms with van der Waals surface area (Å²) in [5.41, 5.74) is 4.34. The first-order valence-electron chi connectivity index (χ1n) is 11.9. The van der Waals surface area contributed by atoms with Crippen molar-refractivity contribution in [2.45, 2.75) is 31.9 Å². The fraction of sp³-hybridized carbons (Fsp3) is 0.423. The Labute approximate surface area is 201 Å². The fourth-order valence-corrected chi connectivity index (χ4v) is 4.45. The summed E-state index contributed by atoms with van der Waals surface area (Å²) in [5.74, 6) is 0.460. The van der Waals surface area contributed by atoms with Crippen molar-refractivity contribution >= 4 is 11.7 Å². The monoisotopic (exact) mass is 462 g/mol. The van der Waals surface area contributed by atoms with Gasteiger partial charge in [-0.3, -0.25) is 14.8 Å². The summed E-state index contributed by atoms with van der Waals surface area (Å²) >= 11 is 0. The maximum Gasteiger partial charge on any atom is 0.239 e. The number of H-pyrrole nitrogens is 1. The number of likely N-dealkylation sites (N-methyl/N-ethyl adjacent to an activating group) is 1. The predicted octanol–water partition coefficient (Wildman–Crippen LogP) is 3.72. The lowest BCUT2D eigenvalue weighted by molar-refractivity contribution is -0.116. The van der Waals surface area contributed by atoms with Crippen LogP contribution in [0, 0.1) is 0 Å². The second kappa shape index (κ2) is 11.9. The molecule has 2 aromatic heterocycles. The minimum absolute atomic E-state index is 0.0870. The van der Waals surface area contributed by atoms with Gasteiger partial charge < -0.3 is 15.0 Å². The molecule has 3 heterocycles. The first-order valence-corrected chi connectivity index (χ1v) is 11.9. The van der Waals surface area contributed by atoms with Crippen LogP contribution >= 0.6 is 0 Å². The molecule has 1 aliphatic rings. The Morgan fingerprint density at radius 1 is 1.24 bits per heavy atom. The van der Waals surface area contributed by atoms with Crippen molar-refractivity contribution in [1.82, 2.24) is 25.0 Å². The number of carbonyl (C=O) groups is 1. The molecule has 4 rings (SSSR count). The Morgan fingerprint density at radius 2 is 2.09 bits per heavy atom. The van der Waals surface area contributed by atoms with Crippen molar-refractivity contribution in [2.24, 2.45) is 0 Å². The Hall–Kier alpha value is -3.07. The lowest BCUT2D eigenvalue weighted by Gasteiger charge is -2.35. The number of pyridine rings is 1. The molecule has 3 aromatic rings. The number of anilines is 1. The van der Waals surface area contributed by atoms with Crippen LogP contribution in [0.5, 0.6) is 0 Å². The van der Waals surface area contributed by atoms with E-state index < -0.39 is 0 Å². The van der Waals surface area contributed by atoms with Gasteiger partial charge in [-0.15, -0.1) is 0 Å². The second-order valence-corrected chi connectivity index (χ2v) is 9.00. The summed E-state index contributed by atoms with van der Waals surface area (Å²) in [7, 11) is 3.73. The minimum atomic E-state index is -0.0870. The zero-order valence-corrected chi connectivity index (χ0v) is 20.0. The molecule has 0 saturated carbocycles. The van der Waals surface area contributed by atoms with Crippen LogP contribution < -0.4 is 5.32 Å². The number of likely N-dealkylation sites (tertiary alicyclic amines) is 1. The molecule has 1 amide bonds. The minimum Gasteiger partial charge on any atom is -0.375 e. The highest BCUT2D eigenvalue weighted by Gasteiger charge is 2.27. The molecular formula is C26H34N6O2. The van der Waals surface area contributed by atoms with Gasteiger partial charge >= 0.3 is 0 Å². The molecule has 0 bridgehead atoms. The number of amides is 1. The molecule has 8 nitrogen and oxygen atoms in total. The lowest BCUT2D eigenvalue weighted by Crippen LogP contribution is -2.36. The number of benzene rings is 1. The summed E-state index contributed by atoms with van der Waals surface area (Å²) < 4.78 is 5.96. The largest absolute Gasteiger partial charge is 0.375 e. The van der Waals surface area contributed by atoms with E-state index in [0.717, 1.165) is 36.3 Å². The number of hydrogen-bond donors (Lipinski definition) is 2. The third kappa shape index (κ3) is 6.50. The second-order valence-electron chi connectivity index (χ2n) is 9.00.